The molecule has 0 bridgehead atoms. The maximum atomic E-state index is 14.7. The van der Waals surface area contributed by atoms with Crippen LogP contribution in [-0.4, -0.2) is 50.2 Å². The van der Waals surface area contributed by atoms with Crippen molar-refractivity contribution in [3.63, 3.8) is 0 Å². The van der Waals surface area contributed by atoms with E-state index >= 15 is 0 Å². The van der Waals surface area contributed by atoms with Crippen molar-refractivity contribution in [1.29, 1.82) is 0 Å². The van der Waals surface area contributed by atoms with E-state index in [1.807, 2.05) is 13.8 Å². The van der Waals surface area contributed by atoms with Gasteiger partial charge in [-0.1, -0.05) is 17.7 Å². The fourth-order valence-electron chi connectivity index (χ4n) is 5.47. The summed E-state index contributed by atoms with van der Waals surface area (Å²) in [5.74, 6) is -0.223. The smallest absolute Gasteiger partial charge is 0.275 e. The number of nitrogens with zero attached hydrogens (tertiary/aromatic N) is 6. The number of hydrogen-bond acceptors (Lipinski definition) is 7. The minimum atomic E-state index is -3.00. The predicted octanol–water partition coefficient (Wildman–Crippen LogP) is 5.63. The summed E-state index contributed by atoms with van der Waals surface area (Å²) >= 11 is 5.82. The van der Waals surface area contributed by atoms with Gasteiger partial charge in [0.1, 0.15) is 5.69 Å². The molecule has 0 radical (unpaired) electrons. The topological polar surface area (TPSA) is 115 Å². The monoisotopic (exact) mass is 611 g/mol. The molecule has 3 atom stereocenters. The van der Waals surface area contributed by atoms with Crippen molar-refractivity contribution in [2.75, 3.05) is 23.9 Å². The van der Waals surface area contributed by atoms with Crippen LogP contribution < -0.4 is 15.0 Å². The summed E-state index contributed by atoms with van der Waals surface area (Å²) in [6.45, 7) is 4.42. The van der Waals surface area contributed by atoms with Crippen LogP contribution in [0.2, 0.25) is 5.02 Å². The Bertz CT molecular complexity index is 1770. The van der Waals surface area contributed by atoms with Gasteiger partial charge in [-0.2, -0.15) is 5.10 Å². The molecule has 10 nitrogen and oxygen atoms in total. The van der Waals surface area contributed by atoms with Crippen molar-refractivity contribution in [2.45, 2.75) is 32.7 Å². The summed E-state index contributed by atoms with van der Waals surface area (Å²) in [7, 11) is 1.54. The average Bonchev–Trinajstić information content (AvgIpc) is 3.49. The zero-order valence-corrected chi connectivity index (χ0v) is 23.9. The number of halogens is 4. The highest BCUT2D eigenvalue weighted by Crippen LogP contribution is 2.49. The van der Waals surface area contributed by atoms with Gasteiger partial charge in [-0.15, -0.1) is 0 Å². The number of carbonyl (C=O) groups is 2. The summed E-state index contributed by atoms with van der Waals surface area (Å²) in [5.41, 5.74) is 0.285. The Labute approximate surface area is 248 Å². The van der Waals surface area contributed by atoms with Crippen LogP contribution in [0.4, 0.5) is 24.7 Å². The first-order chi connectivity index (χ1) is 20.6. The van der Waals surface area contributed by atoms with Crippen LogP contribution >= 0.6 is 11.6 Å². The fraction of sp³-hybridized carbons (Fsp3) is 0.310. The lowest BCUT2D eigenvalue weighted by Crippen LogP contribution is -2.29. The van der Waals surface area contributed by atoms with Crippen LogP contribution in [-0.2, 0) is 4.79 Å². The molecule has 0 spiro atoms. The zero-order valence-electron chi connectivity index (χ0n) is 23.2. The first-order valence-corrected chi connectivity index (χ1v) is 13.8. The van der Waals surface area contributed by atoms with Crippen LogP contribution in [0.5, 0.6) is 5.75 Å². The SMILES string of the molecule is COc1c(N2C[C@H]3C[C@H]3C2=O)ncc(C(C)n2cc(NC(=O)c3cncc(-c4c(C(F)F)ccc(Cl)c4F)n3)cn2)c1C. The van der Waals surface area contributed by atoms with Crippen molar-refractivity contribution < 1.29 is 27.5 Å². The van der Waals surface area contributed by atoms with E-state index < -0.39 is 29.3 Å². The van der Waals surface area contributed by atoms with E-state index in [4.69, 9.17) is 16.3 Å². The summed E-state index contributed by atoms with van der Waals surface area (Å²) in [4.78, 5) is 39.9. The van der Waals surface area contributed by atoms with Crippen molar-refractivity contribution in [3.05, 3.63) is 76.3 Å². The number of alkyl halides is 2. The van der Waals surface area contributed by atoms with Crippen molar-refractivity contribution in [1.82, 2.24) is 24.7 Å². The van der Waals surface area contributed by atoms with Gasteiger partial charge in [-0.05, 0) is 32.3 Å². The Morgan fingerprint density at radius 1 is 1.19 bits per heavy atom. The molecule has 1 aliphatic carbocycles. The number of amides is 2. The van der Waals surface area contributed by atoms with E-state index in [2.05, 4.69) is 25.4 Å². The number of pyridine rings is 1. The van der Waals surface area contributed by atoms with Gasteiger partial charge in [0.15, 0.2) is 17.4 Å². The lowest BCUT2D eigenvalue weighted by atomic mass is 10.0. The van der Waals surface area contributed by atoms with Gasteiger partial charge in [-0.3, -0.25) is 24.2 Å². The summed E-state index contributed by atoms with van der Waals surface area (Å²) in [6.07, 6.45) is 4.87. The number of nitrogens with one attached hydrogen (secondary N) is 1. The highest BCUT2D eigenvalue weighted by molar-refractivity contribution is 6.31. The number of carbonyl (C=O) groups excluding carboxylic acids is 2. The molecule has 2 aliphatic rings. The standard InChI is InChI=1S/C29H25ClF3N7O3/c1-13-19(8-35-27(25(13)43-3)39-11-15-6-18(15)29(39)42)14(2)40-12-16(7-36-40)37-28(41)22-10-34-9-21(38-22)23-17(26(32)33)4-5-20(30)24(23)31/h4-5,7-10,12,14-15,18,26H,6,11H2,1-3H3,(H,37,41)/t14?,15-,18-/m1/s1. The van der Waals surface area contributed by atoms with Crippen molar-refractivity contribution in [3.8, 4) is 17.0 Å². The number of methoxy groups -OCH3 is 1. The second-order valence-electron chi connectivity index (χ2n) is 10.5. The molecule has 4 heterocycles. The minimum Gasteiger partial charge on any atom is -0.493 e. The Hall–Kier alpha value is -4.52. The van der Waals surface area contributed by atoms with E-state index in [9.17, 15) is 22.8 Å². The lowest BCUT2D eigenvalue weighted by Gasteiger charge is -2.23. The second-order valence-corrected chi connectivity index (χ2v) is 10.9. The van der Waals surface area contributed by atoms with Gasteiger partial charge >= 0.3 is 0 Å². The molecule has 14 heteroatoms. The molecule has 1 aromatic carbocycles. The molecule has 1 saturated heterocycles. The number of ether oxygens (including phenoxy) is 1. The third-order valence-electron chi connectivity index (χ3n) is 7.88. The molecule has 2 fully saturated rings. The van der Waals surface area contributed by atoms with Gasteiger partial charge in [-0.25, -0.2) is 23.1 Å². The molecule has 3 aromatic heterocycles. The summed E-state index contributed by atoms with van der Waals surface area (Å²) in [6, 6.07) is 1.71. The van der Waals surface area contributed by atoms with Gasteiger partial charge in [0.2, 0.25) is 5.91 Å². The Kier molecular flexibility index (Phi) is 7.28. The third kappa shape index (κ3) is 5.07. The molecule has 1 aliphatic heterocycles. The molecular formula is C29H25ClF3N7O3. The highest BCUT2D eigenvalue weighted by Gasteiger charge is 2.53. The van der Waals surface area contributed by atoms with E-state index in [1.54, 1.807) is 22.0 Å². The van der Waals surface area contributed by atoms with E-state index in [0.717, 1.165) is 42.1 Å². The number of fused-ring (bicyclic) bond motifs is 1. The van der Waals surface area contributed by atoms with Crippen molar-refractivity contribution >= 4 is 34.9 Å². The van der Waals surface area contributed by atoms with E-state index in [-0.39, 0.29) is 34.3 Å². The van der Waals surface area contributed by atoms with Gasteiger partial charge in [0.25, 0.3) is 12.3 Å². The fourth-order valence-corrected chi connectivity index (χ4v) is 5.62. The van der Waals surface area contributed by atoms with Crippen LogP contribution in [0.25, 0.3) is 11.3 Å². The number of aromatic nitrogens is 5. The van der Waals surface area contributed by atoms with Crippen LogP contribution in [0.15, 0.2) is 43.1 Å². The third-order valence-corrected chi connectivity index (χ3v) is 8.17. The van der Waals surface area contributed by atoms with Gasteiger partial charge in [0, 0.05) is 47.1 Å². The first kappa shape index (κ1) is 28.6. The number of piperidine rings is 1. The molecule has 43 heavy (non-hydrogen) atoms. The molecule has 2 amide bonds. The van der Waals surface area contributed by atoms with Crippen LogP contribution in [0.3, 0.4) is 0 Å². The molecule has 4 aromatic rings. The Morgan fingerprint density at radius 3 is 2.67 bits per heavy atom. The highest BCUT2D eigenvalue weighted by atomic mass is 35.5. The first-order valence-electron chi connectivity index (χ1n) is 13.4. The number of hydrogen-bond donors (Lipinski definition) is 1. The minimum absolute atomic E-state index is 0.0749. The summed E-state index contributed by atoms with van der Waals surface area (Å²) in [5, 5.41) is 6.65. The van der Waals surface area contributed by atoms with Crippen molar-refractivity contribution in [2.24, 2.45) is 11.8 Å². The number of benzene rings is 1. The van der Waals surface area contributed by atoms with E-state index in [1.165, 1.54) is 13.3 Å². The molecule has 6 rings (SSSR count). The maximum Gasteiger partial charge on any atom is 0.275 e. The van der Waals surface area contributed by atoms with Gasteiger partial charge < -0.3 is 10.1 Å². The Morgan fingerprint density at radius 2 is 1.98 bits per heavy atom. The normalized spacial score (nSPS) is 18.1. The van der Waals surface area contributed by atoms with Crippen LogP contribution in [0, 0.1) is 24.6 Å². The number of rotatable bonds is 8. The Balaban J connectivity index is 1.21. The van der Waals surface area contributed by atoms with E-state index in [0.29, 0.717) is 29.7 Å². The predicted molar refractivity (Wildman–Crippen MR) is 151 cm³/mol. The lowest BCUT2D eigenvalue weighted by molar-refractivity contribution is -0.118. The maximum absolute atomic E-state index is 14.7. The molecule has 1 saturated carbocycles. The van der Waals surface area contributed by atoms with Gasteiger partial charge in [0.05, 0.1) is 48.1 Å². The largest absolute Gasteiger partial charge is 0.493 e. The average molecular weight is 612 g/mol. The molecular weight excluding hydrogens is 587 g/mol. The quantitative estimate of drug-likeness (QED) is 0.275. The zero-order chi connectivity index (χ0) is 30.6. The summed E-state index contributed by atoms with van der Waals surface area (Å²) < 4.78 is 49.2. The van der Waals surface area contributed by atoms with Crippen LogP contribution in [0.1, 0.15) is 53.0 Å². The molecule has 222 valence electrons. The second kappa shape index (κ2) is 11.0. The molecule has 1 N–H and O–H groups in total. The molecule has 1 unspecified atom stereocenters. The number of anilines is 2.